The van der Waals surface area contributed by atoms with Crippen molar-refractivity contribution in [2.75, 3.05) is 6.61 Å². The number of amides is 1. The smallest absolute Gasteiger partial charge is 0.261 e. The Bertz CT molecular complexity index is 322. The minimum Gasteiger partial charge on any atom is -0.396 e. The van der Waals surface area contributed by atoms with Crippen LogP contribution in [0.3, 0.4) is 0 Å². The highest BCUT2D eigenvalue weighted by Crippen LogP contribution is 2.16. The molecule has 1 heterocycles. The second kappa shape index (κ2) is 5.88. The monoisotopic (exact) mass is 227 g/mol. The Labute approximate surface area is 94.1 Å². The number of hydrogen-bond donors (Lipinski definition) is 2. The van der Waals surface area contributed by atoms with E-state index in [0.29, 0.717) is 6.42 Å². The standard InChI is InChI=1S/C11H17NO2S/c1-3-9-4-5-10(15-9)11(14)12-8(2)6-7-13/h4-5,8,13H,3,6-7H2,1-2H3,(H,12,14). The van der Waals surface area contributed by atoms with Gasteiger partial charge in [-0.3, -0.25) is 4.79 Å². The summed E-state index contributed by atoms with van der Waals surface area (Å²) >= 11 is 1.53. The fourth-order valence-corrected chi connectivity index (χ4v) is 2.10. The van der Waals surface area contributed by atoms with Gasteiger partial charge in [-0.25, -0.2) is 0 Å². The topological polar surface area (TPSA) is 49.3 Å². The van der Waals surface area contributed by atoms with Crippen LogP contribution in [0.25, 0.3) is 0 Å². The van der Waals surface area contributed by atoms with Crippen LogP contribution in [0.5, 0.6) is 0 Å². The lowest BCUT2D eigenvalue weighted by atomic mass is 10.2. The summed E-state index contributed by atoms with van der Waals surface area (Å²) in [5.41, 5.74) is 0. The largest absolute Gasteiger partial charge is 0.396 e. The summed E-state index contributed by atoms with van der Waals surface area (Å²) in [7, 11) is 0. The maximum Gasteiger partial charge on any atom is 0.261 e. The highest BCUT2D eigenvalue weighted by Gasteiger charge is 2.11. The number of aryl methyl sites for hydroxylation is 1. The molecule has 0 aromatic carbocycles. The SMILES string of the molecule is CCc1ccc(C(=O)NC(C)CCO)s1. The molecule has 0 radical (unpaired) electrons. The summed E-state index contributed by atoms with van der Waals surface area (Å²) in [5, 5.41) is 11.6. The molecular formula is C11H17NO2S. The van der Waals surface area contributed by atoms with E-state index in [0.717, 1.165) is 11.3 Å². The summed E-state index contributed by atoms with van der Waals surface area (Å²) in [5.74, 6) is -0.0411. The molecule has 0 saturated heterocycles. The lowest BCUT2D eigenvalue weighted by Gasteiger charge is -2.10. The van der Waals surface area contributed by atoms with Gasteiger partial charge < -0.3 is 10.4 Å². The van der Waals surface area contributed by atoms with Gasteiger partial charge in [-0.1, -0.05) is 6.92 Å². The average Bonchev–Trinajstić information content (AvgIpc) is 2.66. The Morgan fingerprint density at radius 1 is 1.60 bits per heavy atom. The van der Waals surface area contributed by atoms with Crippen molar-refractivity contribution in [1.29, 1.82) is 0 Å². The average molecular weight is 227 g/mol. The first kappa shape index (κ1) is 12.2. The Hall–Kier alpha value is -0.870. The fraction of sp³-hybridized carbons (Fsp3) is 0.545. The van der Waals surface area contributed by atoms with E-state index in [1.165, 1.54) is 16.2 Å². The lowest BCUT2D eigenvalue weighted by molar-refractivity contribution is 0.0938. The zero-order valence-corrected chi connectivity index (χ0v) is 9.93. The fourth-order valence-electron chi connectivity index (χ4n) is 1.25. The maximum absolute atomic E-state index is 11.7. The van der Waals surface area contributed by atoms with Crippen molar-refractivity contribution in [3.63, 3.8) is 0 Å². The number of hydrogen-bond acceptors (Lipinski definition) is 3. The highest BCUT2D eigenvalue weighted by molar-refractivity contribution is 7.14. The molecule has 1 amide bonds. The van der Waals surface area contributed by atoms with E-state index < -0.39 is 0 Å². The highest BCUT2D eigenvalue weighted by atomic mass is 32.1. The second-order valence-corrected chi connectivity index (χ2v) is 4.67. The maximum atomic E-state index is 11.7. The van der Waals surface area contributed by atoms with Crippen LogP contribution in [0.15, 0.2) is 12.1 Å². The van der Waals surface area contributed by atoms with Crippen LogP contribution >= 0.6 is 11.3 Å². The van der Waals surface area contributed by atoms with Gasteiger partial charge in [0.05, 0.1) is 4.88 Å². The van der Waals surface area contributed by atoms with E-state index in [2.05, 4.69) is 12.2 Å². The van der Waals surface area contributed by atoms with Crippen molar-refractivity contribution in [3.05, 3.63) is 21.9 Å². The van der Waals surface area contributed by atoms with Crippen LogP contribution < -0.4 is 5.32 Å². The molecule has 84 valence electrons. The van der Waals surface area contributed by atoms with Crippen LogP contribution in [0.1, 0.15) is 34.8 Å². The number of carbonyl (C=O) groups is 1. The van der Waals surface area contributed by atoms with Crippen molar-refractivity contribution >= 4 is 17.2 Å². The van der Waals surface area contributed by atoms with Gasteiger partial charge in [-0.15, -0.1) is 11.3 Å². The Balaban J connectivity index is 2.53. The molecule has 0 bridgehead atoms. The molecule has 1 atom stereocenters. The lowest BCUT2D eigenvalue weighted by Crippen LogP contribution is -2.32. The first-order chi connectivity index (χ1) is 7.17. The summed E-state index contributed by atoms with van der Waals surface area (Å²) < 4.78 is 0. The molecule has 0 fully saturated rings. The van der Waals surface area contributed by atoms with E-state index in [1.807, 2.05) is 19.1 Å². The van der Waals surface area contributed by atoms with Gasteiger partial charge in [-0.2, -0.15) is 0 Å². The number of nitrogens with one attached hydrogen (secondary N) is 1. The molecular weight excluding hydrogens is 210 g/mol. The summed E-state index contributed by atoms with van der Waals surface area (Å²) in [6.45, 7) is 4.07. The van der Waals surface area contributed by atoms with Crippen molar-refractivity contribution in [2.45, 2.75) is 32.7 Å². The second-order valence-electron chi connectivity index (χ2n) is 3.51. The molecule has 0 aliphatic rings. The van der Waals surface area contributed by atoms with Crippen LogP contribution in [0.2, 0.25) is 0 Å². The Morgan fingerprint density at radius 2 is 2.33 bits per heavy atom. The molecule has 0 aliphatic heterocycles. The van der Waals surface area contributed by atoms with Crippen LogP contribution in [-0.2, 0) is 6.42 Å². The third-order valence-electron chi connectivity index (χ3n) is 2.17. The van der Waals surface area contributed by atoms with Crippen molar-refractivity contribution in [2.24, 2.45) is 0 Å². The minimum absolute atomic E-state index is 0.0228. The third-order valence-corrected chi connectivity index (χ3v) is 3.40. The third kappa shape index (κ3) is 3.64. The van der Waals surface area contributed by atoms with Gasteiger partial charge >= 0.3 is 0 Å². The van der Waals surface area contributed by atoms with Gasteiger partial charge in [0.25, 0.3) is 5.91 Å². The summed E-state index contributed by atoms with van der Waals surface area (Å²) in [6.07, 6.45) is 1.56. The number of rotatable bonds is 5. The predicted molar refractivity (Wildman–Crippen MR) is 62.3 cm³/mol. The van der Waals surface area contributed by atoms with E-state index in [4.69, 9.17) is 5.11 Å². The van der Waals surface area contributed by atoms with Gasteiger partial charge in [-0.05, 0) is 31.9 Å². The first-order valence-corrected chi connectivity index (χ1v) is 5.99. The van der Waals surface area contributed by atoms with Crippen LogP contribution in [0, 0.1) is 0 Å². The number of thiophene rings is 1. The molecule has 1 aromatic heterocycles. The van der Waals surface area contributed by atoms with Gasteiger partial charge in [0.1, 0.15) is 0 Å². The van der Waals surface area contributed by atoms with Crippen LogP contribution in [0.4, 0.5) is 0 Å². The quantitative estimate of drug-likeness (QED) is 0.806. The van der Waals surface area contributed by atoms with Gasteiger partial charge in [0.2, 0.25) is 0 Å². The predicted octanol–water partition coefficient (Wildman–Crippen LogP) is 1.81. The number of aliphatic hydroxyl groups excluding tert-OH is 1. The van der Waals surface area contributed by atoms with E-state index in [9.17, 15) is 4.79 Å². The van der Waals surface area contributed by atoms with Gasteiger partial charge in [0.15, 0.2) is 0 Å². The van der Waals surface area contributed by atoms with Crippen molar-refractivity contribution in [1.82, 2.24) is 5.32 Å². The molecule has 1 rings (SSSR count). The molecule has 15 heavy (non-hydrogen) atoms. The minimum atomic E-state index is -0.0411. The normalized spacial score (nSPS) is 12.5. The molecule has 3 nitrogen and oxygen atoms in total. The summed E-state index contributed by atoms with van der Waals surface area (Å²) in [4.78, 5) is 13.6. The number of carbonyl (C=O) groups excluding carboxylic acids is 1. The van der Waals surface area contributed by atoms with E-state index >= 15 is 0 Å². The molecule has 1 unspecified atom stereocenters. The number of aliphatic hydroxyl groups is 1. The van der Waals surface area contributed by atoms with Gasteiger partial charge in [0, 0.05) is 17.5 Å². The van der Waals surface area contributed by atoms with Crippen LogP contribution in [-0.4, -0.2) is 23.7 Å². The van der Waals surface area contributed by atoms with Crippen molar-refractivity contribution in [3.8, 4) is 0 Å². The molecule has 2 N–H and O–H groups in total. The van der Waals surface area contributed by atoms with Crippen molar-refractivity contribution < 1.29 is 9.90 Å². The molecule has 0 saturated carbocycles. The summed E-state index contributed by atoms with van der Waals surface area (Å²) in [6, 6.07) is 3.86. The molecule has 0 aliphatic carbocycles. The first-order valence-electron chi connectivity index (χ1n) is 5.17. The molecule has 4 heteroatoms. The Kier molecular flexibility index (Phi) is 4.78. The van der Waals surface area contributed by atoms with E-state index in [1.54, 1.807) is 0 Å². The zero-order chi connectivity index (χ0) is 11.3. The Morgan fingerprint density at radius 3 is 2.87 bits per heavy atom. The molecule has 1 aromatic rings. The molecule has 0 spiro atoms. The zero-order valence-electron chi connectivity index (χ0n) is 9.12. The van der Waals surface area contributed by atoms with E-state index in [-0.39, 0.29) is 18.6 Å².